The van der Waals surface area contributed by atoms with Crippen LogP contribution in [0.3, 0.4) is 0 Å². The van der Waals surface area contributed by atoms with E-state index < -0.39 is 0 Å². The van der Waals surface area contributed by atoms with Crippen molar-refractivity contribution in [1.29, 1.82) is 0 Å². The molecule has 0 aromatic carbocycles. The van der Waals surface area contributed by atoms with Gasteiger partial charge in [0.15, 0.2) is 5.96 Å². The van der Waals surface area contributed by atoms with Crippen molar-refractivity contribution >= 4 is 5.96 Å². The summed E-state index contributed by atoms with van der Waals surface area (Å²) < 4.78 is 5.46. The van der Waals surface area contributed by atoms with Gasteiger partial charge in [-0.1, -0.05) is 13.3 Å². The van der Waals surface area contributed by atoms with Crippen molar-refractivity contribution in [2.24, 2.45) is 16.6 Å². The van der Waals surface area contributed by atoms with Gasteiger partial charge in [-0.05, 0) is 25.2 Å². The lowest BCUT2D eigenvalue weighted by Gasteiger charge is -2.06. The molecule has 88 valence electrons. The normalized spacial score (nSPS) is 16.7. The van der Waals surface area contributed by atoms with Gasteiger partial charge in [0.1, 0.15) is 0 Å². The fourth-order valence-electron chi connectivity index (χ4n) is 1.20. The number of aliphatic imine (C=N–C) groups is 1. The van der Waals surface area contributed by atoms with Crippen LogP contribution in [0.5, 0.6) is 0 Å². The average molecular weight is 213 g/mol. The molecule has 0 aromatic rings. The van der Waals surface area contributed by atoms with Crippen LogP contribution in [0, 0.1) is 5.92 Å². The Morgan fingerprint density at radius 3 is 3.00 bits per heavy atom. The average Bonchev–Trinajstić information content (AvgIpc) is 3.02. The van der Waals surface area contributed by atoms with Crippen LogP contribution in [-0.4, -0.2) is 32.3 Å². The number of ether oxygens (including phenoxy) is 1. The number of nitrogens with zero attached hydrogens (tertiary/aromatic N) is 1. The van der Waals surface area contributed by atoms with Crippen LogP contribution >= 0.6 is 0 Å². The van der Waals surface area contributed by atoms with Gasteiger partial charge in [-0.3, -0.25) is 4.99 Å². The van der Waals surface area contributed by atoms with Crippen molar-refractivity contribution in [3.05, 3.63) is 0 Å². The molecule has 0 radical (unpaired) electrons. The summed E-state index contributed by atoms with van der Waals surface area (Å²) in [4.78, 5) is 4.19. The molecular formula is C11H23N3O. The summed E-state index contributed by atoms with van der Waals surface area (Å²) in [7, 11) is 0. The highest BCUT2D eigenvalue weighted by molar-refractivity contribution is 5.77. The van der Waals surface area contributed by atoms with Gasteiger partial charge in [0.05, 0.1) is 6.61 Å². The molecule has 1 aliphatic rings. The second-order valence-corrected chi connectivity index (χ2v) is 4.07. The summed E-state index contributed by atoms with van der Waals surface area (Å²) in [6.45, 7) is 5.35. The van der Waals surface area contributed by atoms with E-state index in [-0.39, 0.29) is 0 Å². The minimum atomic E-state index is 0.540. The molecule has 0 atom stereocenters. The molecule has 1 fully saturated rings. The van der Waals surface area contributed by atoms with Gasteiger partial charge in [0, 0.05) is 19.7 Å². The van der Waals surface area contributed by atoms with Crippen molar-refractivity contribution < 1.29 is 4.74 Å². The molecule has 0 unspecified atom stereocenters. The van der Waals surface area contributed by atoms with Gasteiger partial charge in [-0.15, -0.1) is 0 Å². The summed E-state index contributed by atoms with van der Waals surface area (Å²) >= 11 is 0. The Hall–Kier alpha value is -0.770. The van der Waals surface area contributed by atoms with Gasteiger partial charge in [0.2, 0.25) is 0 Å². The number of guanidine groups is 1. The Balaban J connectivity index is 1.86. The highest BCUT2D eigenvalue weighted by Crippen LogP contribution is 2.28. The van der Waals surface area contributed by atoms with Crippen molar-refractivity contribution in [3.8, 4) is 0 Å². The molecule has 15 heavy (non-hydrogen) atoms. The third kappa shape index (κ3) is 7.19. The van der Waals surface area contributed by atoms with Crippen molar-refractivity contribution in [2.45, 2.75) is 32.6 Å². The first-order chi connectivity index (χ1) is 7.33. The van der Waals surface area contributed by atoms with Crippen LogP contribution in [0.1, 0.15) is 32.6 Å². The van der Waals surface area contributed by atoms with E-state index in [1.54, 1.807) is 0 Å². The summed E-state index contributed by atoms with van der Waals surface area (Å²) in [6, 6.07) is 0. The first-order valence-electron chi connectivity index (χ1n) is 5.94. The molecule has 0 amide bonds. The Morgan fingerprint density at radius 1 is 1.53 bits per heavy atom. The highest BCUT2D eigenvalue weighted by atomic mass is 16.5. The van der Waals surface area contributed by atoms with Crippen LogP contribution < -0.4 is 11.1 Å². The van der Waals surface area contributed by atoms with E-state index >= 15 is 0 Å². The maximum Gasteiger partial charge on any atom is 0.188 e. The first kappa shape index (κ1) is 12.3. The third-order valence-corrected chi connectivity index (χ3v) is 2.40. The summed E-state index contributed by atoms with van der Waals surface area (Å²) in [5.41, 5.74) is 5.65. The minimum Gasteiger partial charge on any atom is -0.379 e. The summed E-state index contributed by atoms with van der Waals surface area (Å²) in [5.74, 6) is 1.37. The molecule has 0 spiro atoms. The van der Waals surface area contributed by atoms with Gasteiger partial charge < -0.3 is 15.8 Å². The van der Waals surface area contributed by atoms with E-state index in [1.807, 2.05) is 0 Å². The number of rotatable bonds is 8. The zero-order valence-electron chi connectivity index (χ0n) is 9.67. The monoisotopic (exact) mass is 213 g/mol. The third-order valence-electron chi connectivity index (χ3n) is 2.40. The Bertz CT molecular complexity index is 190. The maximum absolute atomic E-state index is 5.65. The van der Waals surface area contributed by atoms with Crippen molar-refractivity contribution in [3.63, 3.8) is 0 Å². The van der Waals surface area contributed by atoms with E-state index in [1.165, 1.54) is 12.8 Å². The van der Waals surface area contributed by atoms with Crippen molar-refractivity contribution in [1.82, 2.24) is 5.32 Å². The predicted molar refractivity (Wildman–Crippen MR) is 62.9 cm³/mol. The topological polar surface area (TPSA) is 59.6 Å². The Kier molecular flexibility index (Phi) is 6.16. The molecule has 1 rings (SSSR count). The zero-order valence-corrected chi connectivity index (χ0v) is 9.67. The molecule has 0 aromatic heterocycles. The molecule has 0 heterocycles. The lowest BCUT2D eigenvalue weighted by molar-refractivity contribution is 0.129. The van der Waals surface area contributed by atoms with E-state index in [4.69, 9.17) is 10.5 Å². The van der Waals surface area contributed by atoms with Crippen molar-refractivity contribution in [2.75, 3.05) is 26.3 Å². The lowest BCUT2D eigenvalue weighted by atomic mass is 10.3. The standard InChI is InChI=1S/C11H23N3O/c1-2-3-6-13-11(12)14-7-8-15-9-10-4-5-10/h10H,2-9H2,1H3,(H3,12,13,14). The maximum atomic E-state index is 5.65. The minimum absolute atomic E-state index is 0.540. The van der Waals surface area contributed by atoms with E-state index in [2.05, 4.69) is 17.2 Å². The quantitative estimate of drug-likeness (QED) is 0.361. The van der Waals surface area contributed by atoms with Gasteiger partial charge >= 0.3 is 0 Å². The van der Waals surface area contributed by atoms with Crippen LogP contribution in [0.25, 0.3) is 0 Å². The fraction of sp³-hybridized carbons (Fsp3) is 0.909. The van der Waals surface area contributed by atoms with E-state index in [9.17, 15) is 0 Å². The molecule has 0 bridgehead atoms. The van der Waals surface area contributed by atoms with Crippen LogP contribution in [0.4, 0.5) is 0 Å². The molecule has 4 heteroatoms. The first-order valence-corrected chi connectivity index (χ1v) is 5.94. The second kappa shape index (κ2) is 7.51. The fourth-order valence-corrected chi connectivity index (χ4v) is 1.20. The van der Waals surface area contributed by atoms with Crippen LogP contribution in [-0.2, 0) is 4.74 Å². The second-order valence-electron chi connectivity index (χ2n) is 4.07. The van der Waals surface area contributed by atoms with Gasteiger partial charge in [-0.25, -0.2) is 0 Å². The molecule has 1 aliphatic carbocycles. The van der Waals surface area contributed by atoms with E-state index in [0.29, 0.717) is 5.96 Å². The van der Waals surface area contributed by atoms with Gasteiger partial charge in [0.25, 0.3) is 0 Å². The zero-order chi connectivity index (χ0) is 10.9. The summed E-state index contributed by atoms with van der Waals surface area (Å²) in [5, 5.41) is 3.04. The number of nitrogens with one attached hydrogen (secondary N) is 1. The Labute approximate surface area is 92.3 Å². The van der Waals surface area contributed by atoms with Crippen LogP contribution in [0.15, 0.2) is 4.99 Å². The van der Waals surface area contributed by atoms with Crippen LogP contribution in [0.2, 0.25) is 0 Å². The molecule has 0 saturated heterocycles. The number of nitrogens with two attached hydrogens (primary N) is 1. The largest absolute Gasteiger partial charge is 0.379 e. The molecule has 1 saturated carbocycles. The smallest absolute Gasteiger partial charge is 0.188 e. The number of hydrogen-bond donors (Lipinski definition) is 2. The predicted octanol–water partition coefficient (Wildman–Crippen LogP) is 1.12. The molecule has 4 nitrogen and oxygen atoms in total. The van der Waals surface area contributed by atoms with E-state index in [0.717, 1.165) is 45.1 Å². The molecule has 0 aliphatic heterocycles. The molecule has 3 N–H and O–H groups in total. The summed E-state index contributed by atoms with van der Waals surface area (Å²) in [6.07, 6.45) is 4.93. The SMILES string of the molecule is CCCCN=C(N)NCCOCC1CC1. The highest BCUT2D eigenvalue weighted by Gasteiger charge is 2.20. The number of unbranched alkanes of at least 4 members (excludes halogenated alkanes) is 1. The van der Waals surface area contributed by atoms with Gasteiger partial charge in [-0.2, -0.15) is 0 Å². The molecular weight excluding hydrogens is 190 g/mol. The number of hydrogen-bond acceptors (Lipinski definition) is 2. The lowest BCUT2D eigenvalue weighted by Crippen LogP contribution is -2.34. The Morgan fingerprint density at radius 2 is 2.33 bits per heavy atom.